The molecule has 4 nitrogen and oxygen atoms in total. The van der Waals surface area contributed by atoms with Crippen molar-refractivity contribution in [3.8, 4) is 5.75 Å². The maximum absolute atomic E-state index is 11.6. The van der Waals surface area contributed by atoms with Gasteiger partial charge in [0.05, 0.1) is 6.10 Å². The predicted octanol–water partition coefficient (Wildman–Crippen LogP) is 2.69. The molecule has 2 N–H and O–H groups in total. The number of ether oxygens (including phenoxy) is 1. The maximum atomic E-state index is 11.6. The monoisotopic (exact) mass is 285 g/mol. The van der Waals surface area contributed by atoms with Crippen molar-refractivity contribution in [2.75, 3.05) is 6.61 Å². The number of aliphatic hydroxyl groups is 1. The molecule has 0 bridgehead atoms. The van der Waals surface area contributed by atoms with E-state index in [-0.39, 0.29) is 18.6 Å². The second-order valence-electron chi connectivity index (χ2n) is 4.52. The van der Waals surface area contributed by atoms with Crippen molar-refractivity contribution in [1.82, 2.24) is 5.32 Å². The van der Waals surface area contributed by atoms with Crippen LogP contribution >= 0.6 is 11.6 Å². The molecule has 0 aromatic heterocycles. The Labute approximate surface area is 118 Å². The van der Waals surface area contributed by atoms with Crippen molar-refractivity contribution >= 4 is 17.5 Å². The maximum Gasteiger partial charge on any atom is 0.258 e. The number of carbonyl (C=O) groups excluding carboxylic acids is 1. The van der Waals surface area contributed by atoms with Gasteiger partial charge in [-0.25, -0.2) is 0 Å². The molecule has 106 valence electrons. The van der Waals surface area contributed by atoms with Crippen LogP contribution in [0.1, 0.15) is 38.9 Å². The van der Waals surface area contributed by atoms with Crippen molar-refractivity contribution in [1.29, 1.82) is 0 Å². The fourth-order valence-electron chi connectivity index (χ4n) is 1.54. The van der Waals surface area contributed by atoms with E-state index in [9.17, 15) is 9.90 Å². The molecule has 1 aromatic rings. The van der Waals surface area contributed by atoms with E-state index in [1.54, 1.807) is 25.1 Å². The topological polar surface area (TPSA) is 58.6 Å². The summed E-state index contributed by atoms with van der Waals surface area (Å²) in [6.07, 6.45) is 0.164. The molecular weight excluding hydrogens is 266 g/mol. The van der Waals surface area contributed by atoms with Crippen molar-refractivity contribution < 1.29 is 14.6 Å². The van der Waals surface area contributed by atoms with Crippen LogP contribution in [0.15, 0.2) is 18.2 Å². The van der Waals surface area contributed by atoms with Gasteiger partial charge in [0.25, 0.3) is 5.91 Å². The van der Waals surface area contributed by atoms with Crippen LogP contribution in [0.2, 0.25) is 5.02 Å². The van der Waals surface area contributed by atoms with E-state index < -0.39 is 6.10 Å². The highest BCUT2D eigenvalue weighted by Gasteiger charge is 2.12. The van der Waals surface area contributed by atoms with Gasteiger partial charge in [-0.2, -0.15) is 0 Å². The first kappa shape index (κ1) is 15.8. The fourth-order valence-corrected chi connectivity index (χ4v) is 1.72. The Hall–Kier alpha value is -1.26. The number of carbonyl (C=O) groups is 1. The molecule has 2 atom stereocenters. The third-order valence-electron chi connectivity index (χ3n) is 2.80. The van der Waals surface area contributed by atoms with Gasteiger partial charge in [-0.05, 0) is 38.5 Å². The van der Waals surface area contributed by atoms with E-state index in [0.29, 0.717) is 16.3 Å². The second-order valence-corrected chi connectivity index (χ2v) is 4.96. The Morgan fingerprint density at radius 3 is 2.74 bits per heavy atom. The van der Waals surface area contributed by atoms with E-state index in [2.05, 4.69) is 5.32 Å². The van der Waals surface area contributed by atoms with Crippen molar-refractivity contribution in [3.63, 3.8) is 0 Å². The van der Waals surface area contributed by atoms with Gasteiger partial charge in [-0.15, -0.1) is 0 Å². The van der Waals surface area contributed by atoms with Gasteiger partial charge in [0.2, 0.25) is 0 Å². The molecule has 0 saturated carbocycles. The first-order valence-electron chi connectivity index (χ1n) is 6.33. The fraction of sp³-hybridized carbons (Fsp3) is 0.500. The lowest BCUT2D eigenvalue weighted by molar-refractivity contribution is -0.123. The summed E-state index contributed by atoms with van der Waals surface area (Å²) < 4.78 is 5.43. The van der Waals surface area contributed by atoms with E-state index in [1.807, 2.05) is 13.8 Å². The number of hydrogen-bond donors (Lipinski definition) is 2. The zero-order valence-corrected chi connectivity index (χ0v) is 12.2. The van der Waals surface area contributed by atoms with Gasteiger partial charge >= 0.3 is 0 Å². The normalized spacial score (nSPS) is 13.7. The molecule has 19 heavy (non-hydrogen) atoms. The molecule has 0 aliphatic rings. The molecule has 0 radical (unpaired) electrons. The van der Waals surface area contributed by atoms with Crippen LogP contribution in [0.5, 0.6) is 5.75 Å². The third-order valence-corrected chi connectivity index (χ3v) is 3.04. The van der Waals surface area contributed by atoms with Gasteiger partial charge < -0.3 is 15.2 Å². The zero-order chi connectivity index (χ0) is 14.4. The summed E-state index contributed by atoms with van der Waals surface area (Å²) in [4.78, 5) is 11.6. The van der Waals surface area contributed by atoms with Crippen LogP contribution in [0.3, 0.4) is 0 Å². The van der Waals surface area contributed by atoms with Crippen LogP contribution in [0.25, 0.3) is 0 Å². The molecular formula is C14H20ClNO3. The smallest absolute Gasteiger partial charge is 0.258 e. The number of halogens is 1. The van der Waals surface area contributed by atoms with Crippen molar-refractivity contribution in [3.05, 3.63) is 28.8 Å². The quantitative estimate of drug-likeness (QED) is 0.845. The van der Waals surface area contributed by atoms with E-state index >= 15 is 0 Å². The molecule has 2 unspecified atom stereocenters. The predicted molar refractivity (Wildman–Crippen MR) is 75.5 cm³/mol. The molecule has 0 spiro atoms. The van der Waals surface area contributed by atoms with Gasteiger partial charge in [-0.3, -0.25) is 4.79 Å². The van der Waals surface area contributed by atoms with Crippen molar-refractivity contribution in [2.24, 2.45) is 0 Å². The first-order valence-corrected chi connectivity index (χ1v) is 6.71. The molecule has 1 rings (SSSR count). The minimum absolute atomic E-state index is 0.0777. The molecule has 1 aromatic carbocycles. The highest BCUT2D eigenvalue weighted by molar-refractivity contribution is 6.30. The van der Waals surface area contributed by atoms with Crippen LogP contribution in [0, 0.1) is 0 Å². The summed E-state index contributed by atoms with van der Waals surface area (Å²) in [7, 11) is 0. The second kappa shape index (κ2) is 7.36. The lowest BCUT2D eigenvalue weighted by atomic mass is 10.1. The standard InChI is InChI=1S/C14H20ClNO3/c1-4-9(2)16-14(18)8-19-13-6-5-11(15)7-12(13)10(3)17/h5-7,9-10,17H,4,8H2,1-3H3,(H,16,18). The third kappa shape index (κ3) is 5.09. The van der Waals surface area contributed by atoms with Crippen LogP contribution < -0.4 is 10.1 Å². The molecule has 0 heterocycles. The number of rotatable bonds is 6. The van der Waals surface area contributed by atoms with Crippen molar-refractivity contribution in [2.45, 2.75) is 39.3 Å². The average Bonchev–Trinajstić information content (AvgIpc) is 2.36. The number of nitrogens with one attached hydrogen (secondary N) is 1. The van der Waals surface area contributed by atoms with Gasteiger partial charge in [0.1, 0.15) is 5.75 Å². The Kier molecular flexibility index (Phi) is 6.12. The van der Waals surface area contributed by atoms with Gasteiger partial charge in [0, 0.05) is 16.6 Å². The first-order chi connectivity index (χ1) is 8.93. The average molecular weight is 286 g/mol. The summed E-state index contributed by atoms with van der Waals surface area (Å²) in [6, 6.07) is 5.07. The zero-order valence-electron chi connectivity index (χ0n) is 11.4. The summed E-state index contributed by atoms with van der Waals surface area (Å²) in [5, 5.41) is 13.0. The van der Waals surface area contributed by atoms with Crippen LogP contribution in [-0.2, 0) is 4.79 Å². The number of amides is 1. The Morgan fingerprint density at radius 1 is 1.47 bits per heavy atom. The molecule has 0 fully saturated rings. The Balaban J connectivity index is 2.65. The van der Waals surface area contributed by atoms with Crippen LogP contribution in [0.4, 0.5) is 0 Å². The largest absolute Gasteiger partial charge is 0.483 e. The molecule has 0 saturated heterocycles. The highest BCUT2D eigenvalue weighted by atomic mass is 35.5. The van der Waals surface area contributed by atoms with E-state index in [1.165, 1.54) is 0 Å². The summed E-state index contributed by atoms with van der Waals surface area (Å²) in [6.45, 7) is 5.47. The van der Waals surface area contributed by atoms with Gasteiger partial charge in [-0.1, -0.05) is 18.5 Å². The summed E-state index contributed by atoms with van der Waals surface area (Å²) in [5.74, 6) is 0.291. The summed E-state index contributed by atoms with van der Waals surface area (Å²) >= 11 is 5.87. The Morgan fingerprint density at radius 2 is 2.16 bits per heavy atom. The lowest BCUT2D eigenvalue weighted by Gasteiger charge is -2.15. The minimum Gasteiger partial charge on any atom is -0.483 e. The molecule has 0 aliphatic carbocycles. The lowest BCUT2D eigenvalue weighted by Crippen LogP contribution is -2.35. The van der Waals surface area contributed by atoms with Crippen LogP contribution in [-0.4, -0.2) is 23.7 Å². The molecule has 5 heteroatoms. The van der Waals surface area contributed by atoms with Gasteiger partial charge in [0.15, 0.2) is 6.61 Å². The molecule has 1 amide bonds. The number of aliphatic hydroxyl groups excluding tert-OH is 1. The minimum atomic E-state index is -0.702. The Bertz CT molecular complexity index is 435. The van der Waals surface area contributed by atoms with E-state index in [4.69, 9.17) is 16.3 Å². The number of benzene rings is 1. The molecule has 0 aliphatic heterocycles. The summed E-state index contributed by atoms with van der Waals surface area (Å²) in [5.41, 5.74) is 0.573. The SMILES string of the molecule is CCC(C)NC(=O)COc1ccc(Cl)cc1C(C)O. The highest BCUT2D eigenvalue weighted by Crippen LogP contribution is 2.28. The number of hydrogen-bond acceptors (Lipinski definition) is 3. The van der Waals surface area contributed by atoms with E-state index in [0.717, 1.165) is 6.42 Å².